The van der Waals surface area contributed by atoms with Gasteiger partial charge in [0.2, 0.25) is 0 Å². The first-order chi connectivity index (χ1) is 10.5. The van der Waals surface area contributed by atoms with Gasteiger partial charge in [-0.05, 0) is 24.3 Å². The Bertz CT molecular complexity index is 540. The van der Waals surface area contributed by atoms with Gasteiger partial charge in [-0.2, -0.15) is 0 Å². The van der Waals surface area contributed by atoms with E-state index in [0.717, 1.165) is 18.4 Å². The van der Waals surface area contributed by atoms with Crippen LogP contribution in [0.1, 0.15) is 37.7 Å². The molecule has 6 heteroatoms. The van der Waals surface area contributed by atoms with E-state index in [1.165, 1.54) is 0 Å². The molecule has 2 rings (SSSR count). The molecular weight excluding hydrogens is 284 g/mol. The maximum Gasteiger partial charge on any atom is 0.321 e. The third-order valence-electron chi connectivity index (χ3n) is 3.37. The molecule has 118 valence electrons. The first-order valence-corrected chi connectivity index (χ1v) is 7.35. The molecule has 0 heterocycles. The Morgan fingerprint density at radius 2 is 1.91 bits per heavy atom. The SMILES string of the molecule is C[C@@H](CC(=O)OCC(=O)NC(=O)NC1CC1)c1ccccc1. The summed E-state index contributed by atoms with van der Waals surface area (Å²) < 4.78 is 4.89. The van der Waals surface area contributed by atoms with E-state index in [1.54, 1.807) is 0 Å². The molecular formula is C16H20N2O4. The Morgan fingerprint density at radius 1 is 1.23 bits per heavy atom. The van der Waals surface area contributed by atoms with Crippen LogP contribution in [0.5, 0.6) is 0 Å². The summed E-state index contributed by atoms with van der Waals surface area (Å²) in [7, 11) is 0. The van der Waals surface area contributed by atoms with Gasteiger partial charge >= 0.3 is 12.0 Å². The van der Waals surface area contributed by atoms with Crippen molar-refractivity contribution in [1.82, 2.24) is 10.6 Å². The second-order valence-corrected chi connectivity index (χ2v) is 5.47. The molecule has 3 amide bonds. The largest absolute Gasteiger partial charge is 0.456 e. The summed E-state index contributed by atoms with van der Waals surface area (Å²) in [5, 5.41) is 4.74. The number of imide groups is 1. The zero-order chi connectivity index (χ0) is 15.9. The second kappa shape index (κ2) is 7.59. The predicted molar refractivity (Wildman–Crippen MR) is 80.1 cm³/mol. The number of nitrogens with one attached hydrogen (secondary N) is 2. The Labute approximate surface area is 129 Å². The minimum absolute atomic E-state index is 0.00919. The van der Waals surface area contributed by atoms with Gasteiger partial charge in [-0.3, -0.25) is 14.9 Å². The summed E-state index contributed by atoms with van der Waals surface area (Å²) in [6.45, 7) is 1.47. The molecule has 1 aliphatic rings. The van der Waals surface area contributed by atoms with Gasteiger partial charge in [0.05, 0.1) is 6.42 Å². The van der Waals surface area contributed by atoms with Crippen molar-refractivity contribution in [3.63, 3.8) is 0 Å². The van der Waals surface area contributed by atoms with Gasteiger partial charge in [0.25, 0.3) is 5.91 Å². The minimum atomic E-state index is -0.626. The number of carbonyl (C=O) groups is 3. The molecule has 0 aliphatic heterocycles. The first kappa shape index (κ1) is 16.0. The topological polar surface area (TPSA) is 84.5 Å². The van der Waals surface area contributed by atoms with Gasteiger partial charge in [0.15, 0.2) is 6.61 Å². The Balaban J connectivity index is 1.66. The standard InChI is InChI=1S/C16H20N2O4/c1-11(12-5-3-2-4-6-12)9-15(20)22-10-14(19)18-16(21)17-13-7-8-13/h2-6,11,13H,7-10H2,1H3,(H2,17,18,19,21)/t11-/m0/s1. The summed E-state index contributed by atoms with van der Waals surface area (Å²) in [6.07, 6.45) is 2.06. The number of carbonyl (C=O) groups excluding carboxylic acids is 3. The number of hydrogen-bond acceptors (Lipinski definition) is 4. The number of ether oxygens (including phenoxy) is 1. The van der Waals surface area contributed by atoms with Crippen LogP contribution in [0.25, 0.3) is 0 Å². The van der Waals surface area contributed by atoms with Crippen molar-refractivity contribution < 1.29 is 19.1 Å². The van der Waals surface area contributed by atoms with Gasteiger partial charge in [0, 0.05) is 6.04 Å². The molecule has 0 aromatic heterocycles. The van der Waals surface area contributed by atoms with E-state index in [2.05, 4.69) is 10.6 Å². The van der Waals surface area contributed by atoms with E-state index < -0.39 is 24.5 Å². The fourth-order valence-corrected chi connectivity index (χ4v) is 1.97. The maximum absolute atomic E-state index is 11.7. The normalized spacial score (nSPS) is 14.8. The summed E-state index contributed by atoms with van der Waals surface area (Å²) in [6, 6.07) is 9.22. The van der Waals surface area contributed by atoms with Crippen LogP contribution in [0.2, 0.25) is 0 Å². The zero-order valence-electron chi connectivity index (χ0n) is 12.5. The molecule has 1 fully saturated rings. The Hall–Kier alpha value is -2.37. The lowest BCUT2D eigenvalue weighted by molar-refractivity contribution is -0.148. The van der Waals surface area contributed by atoms with Crippen LogP contribution in [0.3, 0.4) is 0 Å². The average molecular weight is 304 g/mol. The third-order valence-corrected chi connectivity index (χ3v) is 3.37. The van der Waals surface area contributed by atoms with Crippen molar-refractivity contribution in [2.24, 2.45) is 0 Å². The van der Waals surface area contributed by atoms with Gasteiger partial charge in [-0.15, -0.1) is 0 Å². The van der Waals surface area contributed by atoms with E-state index in [0.29, 0.717) is 0 Å². The van der Waals surface area contributed by atoms with Crippen LogP contribution in [0.4, 0.5) is 4.79 Å². The highest BCUT2D eigenvalue weighted by atomic mass is 16.5. The molecule has 2 N–H and O–H groups in total. The zero-order valence-corrected chi connectivity index (χ0v) is 12.5. The van der Waals surface area contributed by atoms with Crippen molar-refractivity contribution in [1.29, 1.82) is 0 Å². The highest BCUT2D eigenvalue weighted by Crippen LogP contribution is 2.19. The van der Waals surface area contributed by atoms with Crippen molar-refractivity contribution in [2.45, 2.75) is 38.1 Å². The molecule has 1 saturated carbocycles. The van der Waals surface area contributed by atoms with Crippen LogP contribution < -0.4 is 10.6 Å². The second-order valence-electron chi connectivity index (χ2n) is 5.47. The molecule has 22 heavy (non-hydrogen) atoms. The van der Waals surface area contributed by atoms with Crippen molar-refractivity contribution >= 4 is 17.9 Å². The van der Waals surface area contributed by atoms with Crippen molar-refractivity contribution in [3.05, 3.63) is 35.9 Å². The van der Waals surface area contributed by atoms with Crippen LogP contribution in [0, 0.1) is 0 Å². The van der Waals surface area contributed by atoms with Crippen molar-refractivity contribution in [3.8, 4) is 0 Å². The quantitative estimate of drug-likeness (QED) is 0.784. The number of rotatable bonds is 6. The summed E-state index contributed by atoms with van der Waals surface area (Å²) >= 11 is 0. The summed E-state index contributed by atoms with van der Waals surface area (Å²) in [5.41, 5.74) is 1.03. The number of amides is 3. The molecule has 1 aromatic carbocycles. The molecule has 1 aromatic rings. The number of urea groups is 1. The lowest BCUT2D eigenvalue weighted by Gasteiger charge is -2.11. The van der Waals surface area contributed by atoms with Crippen LogP contribution in [-0.4, -0.2) is 30.6 Å². The molecule has 0 bridgehead atoms. The summed E-state index contributed by atoms with van der Waals surface area (Å²) in [4.78, 5) is 34.5. The van der Waals surface area contributed by atoms with E-state index in [-0.39, 0.29) is 18.4 Å². The fourth-order valence-electron chi connectivity index (χ4n) is 1.97. The molecule has 1 aliphatic carbocycles. The Morgan fingerprint density at radius 3 is 2.55 bits per heavy atom. The Kier molecular flexibility index (Phi) is 5.52. The van der Waals surface area contributed by atoms with Gasteiger partial charge < -0.3 is 10.1 Å². The van der Waals surface area contributed by atoms with E-state index in [1.807, 2.05) is 37.3 Å². The average Bonchev–Trinajstić information content (AvgIpc) is 3.29. The fraction of sp³-hybridized carbons (Fsp3) is 0.438. The van der Waals surface area contributed by atoms with Crippen molar-refractivity contribution in [2.75, 3.05) is 6.61 Å². The molecule has 1 atom stereocenters. The highest BCUT2D eigenvalue weighted by Gasteiger charge is 2.24. The van der Waals surface area contributed by atoms with Gasteiger partial charge in [-0.25, -0.2) is 4.79 Å². The smallest absolute Gasteiger partial charge is 0.321 e. The lowest BCUT2D eigenvalue weighted by Crippen LogP contribution is -2.42. The molecule has 0 unspecified atom stereocenters. The molecule has 0 radical (unpaired) electrons. The minimum Gasteiger partial charge on any atom is -0.456 e. The van der Waals surface area contributed by atoms with Crippen LogP contribution in [0.15, 0.2) is 30.3 Å². The predicted octanol–water partition coefficient (Wildman–Crippen LogP) is 1.71. The molecule has 0 saturated heterocycles. The van der Waals surface area contributed by atoms with E-state index >= 15 is 0 Å². The highest BCUT2D eigenvalue weighted by molar-refractivity contribution is 5.95. The van der Waals surface area contributed by atoms with Gasteiger partial charge in [-0.1, -0.05) is 37.3 Å². The van der Waals surface area contributed by atoms with Crippen LogP contribution in [-0.2, 0) is 14.3 Å². The number of hydrogen-bond donors (Lipinski definition) is 2. The first-order valence-electron chi connectivity index (χ1n) is 7.35. The summed E-state index contributed by atoms with van der Waals surface area (Å²) in [5.74, 6) is -1.08. The van der Waals surface area contributed by atoms with Crippen LogP contribution >= 0.6 is 0 Å². The van der Waals surface area contributed by atoms with E-state index in [4.69, 9.17) is 4.74 Å². The third kappa shape index (κ3) is 5.55. The number of esters is 1. The maximum atomic E-state index is 11.7. The van der Waals surface area contributed by atoms with Gasteiger partial charge in [0.1, 0.15) is 0 Å². The van der Waals surface area contributed by atoms with E-state index in [9.17, 15) is 14.4 Å². The molecule has 0 spiro atoms. The monoisotopic (exact) mass is 304 g/mol. The molecule has 6 nitrogen and oxygen atoms in total. The lowest BCUT2D eigenvalue weighted by atomic mass is 9.98. The number of benzene rings is 1.